The van der Waals surface area contributed by atoms with Crippen molar-refractivity contribution in [2.75, 3.05) is 27.3 Å². The Bertz CT molecular complexity index is 2060. The number of fused-ring (bicyclic) bond motifs is 1. The Kier molecular flexibility index (Phi) is 12.6. The molecule has 3 aromatic carbocycles. The Balaban J connectivity index is 1.10. The molecule has 14 heteroatoms. The Hall–Kier alpha value is -6.62. The largest absolute Gasteiger partial charge is 0.453 e. The predicted octanol–water partition coefficient (Wildman–Crippen LogP) is 4.42. The van der Waals surface area contributed by atoms with Crippen LogP contribution in [0.1, 0.15) is 60.2 Å². The maximum absolute atomic E-state index is 12.8. The molecule has 0 radical (unpaired) electrons. The van der Waals surface area contributed by atoms with Crippen LogP contribution < -0.4 is 21.3 Å². The minimum atomic E-state index is -0.847. The van der Waals surface area contributed by atoms with E-state index in [9.17, 15) is 19.2 Å². The quantitative estimate of drug-likeness (QED) is 0.0766. The fraction of sp³-hybridized carbons (Fsp3) is 0.263. The molecule has 5 aromatic rings. The topological polar surface area (TPSA) is 192 Å². The van der Waals surface area contributed by atoms with E-state index in [1.807, 2.05) is 60.7 Å². The summed E-state index contributed by atoms with van der Waals surface area (Å²) in [6.07, 6.45) is 2.58. The van der Waals surface area contributed by atoms with Crippen LogP contribution >= 0.6 is 0 Å². The normalized spacial score (nSPS) is 11.8. The van der Waals surface area contributed by atoms with E-state index in [0.717, 1.165) is 52.1 Å². The predicted molar refractivity (Wildman–Crippen MR) is 194 cm³/mol. The average molecular weight is 705 g/mol. The van der Waals surface area contributed by atoms with Gasteiger partial charge in [-0.3, -0.25) is 9.59 Å². The molecule has 14 nitrogen and oxygen atoms in total. The molecule has 2 heterocycles. The third kappa shape index (κ3) is 10.2. The number of carbonyl (C=O) groups is 4. The van der Waals surface area contributed by atoms with Crippen molar-refractivity contribution < 1.29 is 28.7 Å². The van der Waals surface area contributed by atoms with Crippen molar-refractivity contribution >= 4 is 35.0 Å². The number of benzene rings is 3. The molecule has 0 aliphatic rings. The van der Waals surface area contributed by atoms with Crippen molar-refractivity contribution in [3.63, 3.8) is 0 Å². The number of unbranched alkanes of at least 4 members (excludes halogenated alkanes) is 1. The highest BCUT2D eigenvalue weighted by Crippen LogP contribution is 2.20. The number of aryl methyl sites for hydroxylation is 1. The van der Waals surface area contributed by atoms with E-state index < -0.39 is 24.3 Å². The molecule has 5 rings (SSSR count). The lowest BCUT2D eigenvalue weighted by Crippen LogP contribution is -2.40. The standard InChI is InChI=1S/C38H40N8O6/c1-24(42-33(47)23-41-37(49)51-2)35-40-22-31(45-35)27-17-14-25(15-18-27)12-13-26-16-19-29-30(21-26)44-32(43-29)11-7-8-20-39-36(48)34(46-38(50)52-3)28-9-5-4-6-10-28/h4-6,9-10,14-19,21-22,24,34H,7-8,11,20,23H2,1-3H3,(H,39,48)(H,40,45)(H,41,49)(H,42,47)(H,43,44)(H,46,50). The first-order chi connectivity index (χ1) is 25.2. The summed E-state index contributed by atoms with van der Waals surface area (Å²) in [6, 6.07) is 21.4. The number of rotatable bonds is 13. The van der Waals surface area contributed by atoms with Gasteiger partial charge in [-0.25, -0.2) is 19.6 Å². The molecule has 4 amide bonds. The van der Waals surface area contributed by atoms with Gasteiger partial charge in [0.2, 0.25) is 11.8 Å². The number of amides is 4. The number of methoxy groups -OCH3 is 2. The number of hydrogen-bond donors (Lipinski definition) is 6. The zero-order chi connectivity index (χ0) is 36.9. The van der Waals surface area contributed by atoms with E-state index in [-0.39, 0.29) is 18.4 Å². The van der Waals surface area contributed by atoms with Gasteiger partial charge < -0.3 is 40.7 Å². The second kappa shape index (κ2) is 17.9. The molecule has 268 valence electrons. The van der Waals surface area contributed by atoms with Gasteiger partial charge in [-0.1, -0.05) is 54.3 Å². The lowest BCUT2D eigenvalue weighted by Gasteiger charge is -2.18. The molecule has 6 N–H and O–H groups in total. The zero-order valence-corrected chi connectivity index (χ0v) is 29.0. The molecule has 0 aliphatic carbocycles. The highest BCUT2D eigenvalue weighted by atomic mass is 16.5. The molecule has 52 heavy (non-hydrogen) atoms. The van der Waals surface area contributed by atoms with Gasteiger partial charge in [0, 0.05) is 24.1 Å². The number of carbonyl (C=O) groups excluding carboxylic acids is 4. The van der Waals surface area contributed by atoms with Crippen molar-refractivity contribution in [2.24, 2.45) is 0 Å². The second-order valence-corrected chi connectivity index (χ2v) is 11.8. The van der Waals surface area contributed by atoms with E-state index in [1.165, 1.54) is 14.2 Å². The zero-order valence-electron chi connectivity index (χ0n) is 29.0. The summed E-state index contributed by atoms with van der Waals surface area (Å²) >= 11 is 0. The number of imidazole rings is 2. The van der Waals surface area contributed by atoms with Crippen molar-refractivity contribution in [1.29, 1.82) is 0 Å². The van der Waals surface area contributed by atoms with Gasteiger partial charge in [-0.2, -0.15) is 0 Å². The lowest BCUT2D eigenvalue weighted by atomic mass is 10.1. The molecule has 2 unspecified atom stereocenters. The first-order valence-corrected chi connectivity index (χ1v) is 16.7. The number of nitrogens with one attached hydrogen (secondary N) is 6. The Labute approximate surface area is 300 Å². The van der Waals surface area contributed by atoms with Crippen LogP contribution in [0.4, 0.5) is 9.59 Å². The number of alkyl carbamates (subject to hydrolysis) is 2. The third-order valence-corrected chi connectivity index (χ3v) is 8.02. The van der Waals surface area contributed by atoms with E-state index in [0.29, 0.717) is 24.4 Å². The van der Waals surface area contributed by atoms with Crippen molar-refractivity contribution in [1.82, 2.24) is 41.2 Å². The van der Waals surface area contributed by atoms with Crippen LogP contribution in [0.5, 0.6) is 0 Å². The van der Waals surface area contributed by atoms with E-state index in [2.05, 4.69) is 57.5 Å². The molecular weight excluding hydrogens is 664 g/mol. The molecule has 2 aromatic heterocycles. The summed E-state index contributed by atoms with van der Waals surface area (Å²) in [7, 11) is 2.49. The minimum Gasteiger partial charge on any atom is -0.453 e. The van der Waals surface area contributed by atoms with Gasteiger partial charge in [0.25, 0.3) is 0 Å². The van der Waals surface area contributed by atoms with Crippen LogP contribution in [0.15, 0.2) is 79.0 Å². The number of aromatic amines is 2. The maximum atomic E-state index is 12.8. The second-order valence-electron chi connectivity index (χ2n) is 11.8. The average Bonchev–Trinajstić information content (AvgIpc) is 3.83. The van der Waals surface area contributed by atoms with E-state index in [1.54, 1.807) is 25.3 Å². The van der Waals surface area contributed by atoms with Gasteiger partial charge in [-0.05, 0) is 61.2 Å². The first-order valence-electron chi connectivity index (χ1n) is 16.7. The van der Waals surface area contributed by atoms with Crippen LogP contribution in [0.2, 0.25) is 0 Å². The fourth-order valence-electron chi connectivity index (χ4n) is 5.28. The first kappa shape index (κ1) is 36.7. The monoisotopic (exact) mass is 704 g/mol. The summed E-state index contributed by atoms with van der Waals surface area (Å²) in [5.41, 5.74) is 5.80. The van der Waals surface area contributed by atoms with Gasteiger partial charge >= 0.3 is 12.2 Å². The maximum Gasteiger partial charge on any atom is 0.407 e. The Morgan fingerprint density at radius 2 is 1.56 bits per heavy atom. The number of aromatic nitrogens is 4. The summed E-state index contributed by atoms with van der Waals surface area (Å²) in [6.45, 7) is 2.04. The van der Waals surface area contributed by atoms with Gasteiger partial charge in [-0.15, -0.1) is 0 Å². The summed E-state index contributed by atoms with van der Waals surface area (Å²) in [5.74, 6) is 7.19. The third-order valence-electron chi connectivity index (χ3n) is 8.02. The molecule has 0 saturated carbocycles. The van der Waals surface area contributed by atoms with Crippen LogP contribution in [-0.2, 0) is 25.5 Å². The number of ether oxygens (including phenoxy) is 2. The minimum absolute atomic E-state index is 0.203. The molecule has 0 spiro atoms. The highest BCUT2D eigenvalue weighted by Gasteiger charge is 2.22. The van der Waals surface area contributed by atoms with Crippen LogP contribution in [0.25, 0.3) is 22.3 Å². The van der Waals surface area contributed by atoms with Crippen molar-refractivity contribution in [3.05, 3.63) is 107 Å². The summed E-state index contributed by atoms with van der Waals surface area (Å²) in [4.78, 5) is 63.6. The molecule has 0 saturated heterocycles. The Morgan fingerprint density at radius 1 is 0.827 bits per heavy atom. The SMILES string of the molecule is COC(=O)NCC(=O)NC(C)c1ncc(-c2ccc(C#Cc3ccc4nc(CCCCNC(=O)C(NC(=O)OC)c5ccccc5)[nH]c4c3)cc2)[nH]1. The smallest absolute Gasteiger partial charge is 0.407 e. The van der Waals surface area contributed by atoms with Crippen LogP contribution in [0.3, 0.4) is 0 Å². The van der Waals surface area contributed by atoms with Gasteiger partial charge in [0.15, 0.2) is 0 Å². The van der Waals surface area contributed by atoms with Gasteiger partial charge in [0.1, 0.15) is 24.2 Å². The molecule has 2 atom stereocenters. The highest BCUT2D eigenvalue weighted by molar-refractivity contribution is 5.87. The Morgan fingerprint density at radius 3 is 2.31 bits per heavy atom. The van der Waals surface area contributed by atoms with Crippen molar-refractivity contribution in [2.45, 2.75) is 38.3 Å². The van der Waals surface area contributed by atoms with Crippen molar-refractivity contribution in [3.8, 4) is 23.1 Å². The lowest BCUT2D eigenvalue weighted by molar-refractivity contribution is -0.123. The molecular formula is C38H40N8O6. The molecule has 0 fully saturated rings. The number of hydrogen-bond acceptors (Lipinski definition) is 8. The van der Waals surface area contributed by atoms with Crippen LogP contribution in [0, 0.1) is 11.8 Å². The van der Waals surface area contributed by atoms with E-state index in [4.69, 9.17) is 4.98 Å². The molecule has 0 bridgehead atoms. The van der Waals surface area contributed by atoms with Crippen LogP contribution in [-0.4, -0.2) is 71.2 Å². The van der Waals surface area contributed by atoms with Gasteiger partial charge in [0.05, 0.1) is 43.2 Å². The molecule has 0 aliphatic heterocycles. The summed E-state index contributed by atoms with van der Waals surface area (Å²) in [5, 5.41) is 10.6. The fourth-order valence-corrected chi connectivity index (χ4v) is 5.28. The number of nitrogens with zero attached hydrogens (tertiary/aromatic N) is 2. The number of H-pyrrole nitrogens is 2. The summed E-state index contributed by atoms with van der Waals surface area (Å²) < 4.78 is 9.15. The van der Waals surface area contributed by atoms with E-state index >= 15 is 0 Å².